The van der Waals surface area contributed by atoms with Gasteiger partial charge in [-0.05, 0) is 53.6 Å². The van der Waals surface area contributed by atoms with Crippen molar-refractivity contribution >= 4 is 28.9 Å². The molecule has 0 amide bonds. The lowest BCUT2D eigenvalue weighted by molar-refractivity contribution is 0.305. The van der Waals surface area contributed by atoms with Gasteiger partial charge in [0.2, 0.25) is 0 Å². The van der Waals surface area contributed by atoms with Crippen molar-refractivity contribution in [2.75, 3.05) is 5.32 Å². The average molecular weight is 394 g/mol. The molecule has 0 fully saturated rings. The molecule has 1 N–H and O–H groups in total. The highest BCUT2D eigenvalue weighted by atomic mass is 35.5. The van der Waals surface area contributed by atoms with Crippen LogP contribution in [0.3, 0.4) is 0 Å². The van der Waals surface area contributed by atoms with E-state index in [2.05, 4.69) is 5.32 Å². The van der Waals surface area contributed by atoms with E-state index in [4.69, 9.17) is 27.9 Å². The van der Waals surface area contributed by atoms with E-state index in [-0.39, 0.29) is 17.4 Å². The van der Waals surface area contributed by atoms with Crippen molar-refractivity contribution in [1.82, 2.24) is 0 Å². The molecule has 0 aliphatic carbocycles. The molecule has 3 aromatic rings. The lowest BCUT2D eigenvalue weighted by atomic mass is 10.2. The van der Waals surface area contributed by atoms with Crippen LogP contribution >= 0.6 is 23.2 Å². The van der Waals surface area contributed by atoms with Crippen LogP contribution in [-0.2, 0) is 13.2 Å². The largest absolute Gasteiger partial charge is 0.487 e. The number of ether oxygens (including phenoxy) is 1. The van der Waals surface area contributed by atoms with Gasteiger partial charge in [-0.1, -0.05) is 41.4 Å². The summed E-state index contributed by atoms with van der Waals surface area (Å²) in [6.45, 7) is 0.717. The molecule has 2 nitrogen and oxygen atoms in total. The number of nitrogens with one attached hydrogen (secondary N) is 1. The minimum Gasteiger partial charge on any atom is -0.487 e. The zero-order valence-corrected chi connectivity index (χ0v) is 15.1. The Morgan fingerprint density at radius 2 is 1.69 bits per heavy atom. The van der Waals surface area contributed by atoms with E-state index >= 15 is 0 Å². The Morgan fingerprint density at radius 3 is 2.42 bits per heavy atom. The van der Waals surface area contributed by atoms with E-state index in [9.17, 15) is 8.78 Å². The molecule has 6 heteroatoms. The molecule has 0 aliphatic rings. The van der Waals surface area contributed by atoms with Crippen molar-refractivity contribution < 1.29 is 13.5 Å². The molecule has 0 radical (unpaired) electrons. The number of rotatable bonds is 6. The zero-order chi connectivity index (χ0) is 18.5. The van der Waals surface area contributed by atoms with E-state index < -0.39 is 5.82 Å². The van der Waals surface area contributed by atoms with Gasteiger partial charge in [0.05, 0.1) is 10.0 Å². The predicted octanol–water partition coefficient (Wildman–Crippen LogP) is 6.46. The molecule has 3 rings (SSSR count). The number of hydrogen-bond acceptors (Lipinski definition) is 2. The first-order chi connectivity index (χ1) is 12.5. The van der Waals surface area contributed by atoms with Crippen molar-refractivity contribution in [3.63, 3.8) is 0 Å². The number of benzene rings is 3. The molecule has 0 saturated carbocycles. The molecule has 0 spiro atoms. The Labute approximate surface area is 160 Å². The third-order valence-corrected chi connectivity index (χ3v) is 4.28. The molecule has 0 aliphatic heterocycles. The summed E-state index contributed by atoms with van der Waals surface area (Å²) in [6.07, 6.45) is 0. The maximum atomic E-state index is 13.2. The zero-order valence-electron chi connectivity index (χ0n) is 13.6. The van der Waals surface area contributed by atoms with Crippen LogP contribution in [0.25, 0.3) is 0 Å². The summed E-state index contributed by atoms with van der Waals surface area (Å²) >= 11 is 12.0. The van der Waals surface area contributed by atoms with Gasteiger partial charge in [-0.15, -0.1) is 0 Å². The van der Waals surface area contributed by atoms with Crippen molar-refractivity contribution in [2.45, 2.75) is 13.2 Å². The Morgan fingerprint density at radius 1 is 0.846 bits per heavy atom. The molecular formula is C20H15Cl2F2NO. The Kier molecular flexibility index (Phi) is 5.96. The lowest BCUT2D eigenvalue weighted by Gasteiger charge is -2.11. The minimum atomic E-state index is -0.458. The first-order valence-corrected chi connectivity index (χ1v) is 8.61. The molecule has 0 atom stereocenters. The molecule has 26 heavy (non-hydrogen) atoms. The second-order valence-electron chi connectivity index (χ2n) is 5.67. The Bertz CT molecular complexity index is 918. The maximum absolute atomic E-state index is 13.2. The Hall–Kier alpha value is -2.30. The van der Waals surface area contributed by atoms with Crippen LogP contribution in [-0.4, -0.2) is 0 Å². The van der Waals surface area contributed by atoms with Gasteiger partial charge in [-0.3, -0.25) is 0 Å². The molecule has 3 aromatic carbocycles. The van der Waals surface area contributed by atoms with Gasteiger partial charge in [-0.2, -0.15) is 0 Å². The van der Waals surface area contributed by atoms with Gasteiger partial charge < -0.3 is 10.1 Å². The molecule has 0 heterocycles. The van der Waals surface area contributed by atoms with Gasteiger partial charge in [0.1, 0.15) is 24.0 Å². The topological polar surface area (TPSA) is 21.3 Å². The summed E-state index contributed by atoms with van der Waals surface area (Å²) in [5.41, 5.74) is 2.35. The first kappa shape index (κ1) is 18.5. The maximum Gasteiger partial charge on any atom is 0.141 e. The van der Waals surface area contributed by atoms with Gasteiger partial charge in [0, 0.05) is 12.2 Å². The molecule has 134 valence electrons. The van der Waals surface area contributed by atoms with Crippen LogP contribution in [0.1, 0.15) is 11.1 Å². The average Bonchev–Trinajstić information content (AvgIpc) is 2.62. The second-order valence-corrected chi connectivity index (χ2v) is 6.48. The molecule has 0 aromatic heterocycles. The quantitative estimate of drug-likeness (QED) is 0.518. The van der Waals surface area contributed by atoms with E-state index in [0.29, 0.717) is 23.0 Å². The minimum absolute atomic E-state index is 0.0640. The predicted molar refractivity (Wildman–Crippen MR) is 101 cm³/mol. The molecule has 0 saturated heterocycles. The number of hydrogen-bond donors (Lipinski definition) is 1. The van der Waals surface area contributed by atoms with E-state index in [1.54, 1.807) is 30.3 Å². The van der Waals surface area contributed by atoms with Crippen LogP contribution in [0.15, 0.2) is 60.7 Å². The molecular weight excluding hydrogens is 379 g/mol. The fourth-order valence-corrected chi connectivity index (χ4v) is 2.81. The fraction of sp³-hybridized carbons (Fsp3) is 0.100. The summed E-state index contributed by atoms with van der Waals surface area (Å²) in [5.74, 6) is -0.246. The third-order valence-electron chi connectivity index (χ3n) is 3.70. The van der Waals surface area contributed by atoms with E-state index in [1.165, 1.54) is 24.3 Å². The summed E-state index contributed by atoms with van der Waals surface area (Å²) in [6, 6.07) is 16.1. The van der Waals surface area contributed by atoms with Crippen molar-refractivity contribution in [2.24, 2.45) is 0 Å². The van der Waals surface area contributed by atoms with Gasteiger partial charge in [0.25, 0.3) is 0 Å². The smallest absolute Gasteiger partial charge is 0.141 e. The third kappa shape index (κ3) is 4.87. The Balaban J connectivity index is 1.60. The highest BCUT2D eigenvalue weighted by Crippen LogP contribution is 2.27. The summed E-state index contributed by atoms with van der Waals surface area (Å²) < 4.78 is 32.0. The van der Waals surface area contributed by atoms with Crippen LogP contribution in [0.4, 0.5) is 14.5 Å². The number of anilines is 1. The first-order valence-electron chi connectivity index (χ1n) is 7.86. The molecule has 0 unspecified atom stereocenters. The van der Waals surface area contributed by atoms with Crippen LogP contribution in [0.5, 0.6) is 5.75 Å². The fourth-order valence-electron chi connectivity index (χ4n) is 2.37. The van der Waals surface area contributed by atoms with Crippen molar-refractivity contribution in [3.05, 3.63) is 93.5 Å². The second kappa shape index (κ2) is 8.39. The monoisotopic (exact) mass is 393 g/mol. The van der Waals surface area contributed by atoms with Crippen molar-refractivity contribution in [3.8, 4) is 5.75 Å². The van der Waals surface area contributed by atoms with Crippen LogP contribution in [0.2, 0.25) is 10.0 Å². The van der Waals surface area contributed by atoms with Gasteiger partial charge in [-0.25, -0.2) is 8.78 Å². The van der Waals surface area contributed by atoms with Crippen LogP contribution in [0, 0.1) is 11.6 Å². The summed E-state index contributed by atoms with van der Waals surface area (Å²) in [4.78, 5) is 0. The number of halogens is 4. The standard InChI is InChI=1S/C20H15Cl2F2NO/c21-17-10-16(5-6-19(17)24)25-11-13-4-7-20(18(22)9-13)26-12-14-2-1-3-15(23)8-14/h1-10,25H,11-12H2. The van der Waals surface area contributed by atoms with E-state index in [0.717, 1.165) is 11.1 Å². The lowest BCUT2D eigenvalue weighted by Crippen LogP contribution is -2.01. The summed E-state index contributed by atoms with van der Waals surface area (Å²) in [7, 11) is 0. The van der Waals surface area contributed by atoms with Crippen molar-refractivity contribution in [1.29, 1.82) is 0 Å². The van der Waals surface area contributed by atoms with Gasteiger partial charge >= 0.3 is 0 Å². The van der Waals surface area contributed by atoms with Crippen LogP contribution < -0.4 is 10.1 Å². The highest BCUT2D eigenvalue weighted by molar-refractivity contribution is 6.32. The SMILES string of the molecule is Fc1cccc(COc2ccc(CNc3ccc(F)c(Cl)c3)cc2Cl)c1. The van der Waals surface area contributed by atoms with Gasteiger partial charge in [0.15, 0.2) is 0 Å². The highest BCUT2D eigenvalue weighted by Gasteiger charge is 2.06. The normalized spacial score (nSPS) is 10.6. The van der Waals surface area contributed by atoms with E-state index in [1.807, 2.05) is 6.07 Å². The molecule has 0 bridgehead atoms. The summed E-state index contributed by atoms with van der Waals surface area (Å²) in [5, 5.41) is 3.67.